The molecule has 2 fully saturated rings. The first-order valence-electron chi connectivity index (χ1n) is 5.47. The van der Waals surface area contributed by atoms with Crippen LogP contribution in [0.1, 0.15) is 32.1 Å². The highest BCUT2D eigenvalue weighted by atomic mass is 16.2. The van der Waals surface area contributed by atoms with Gasteiger partial charge in [0.15, 0.2) is 0 Å². The Hall–Kier alpha value is -1.04. The lowest BCUT2D eigenvalue weighted by Gasteiger charge is -2.35. The minimum atomic E-state index is -0.0276. The summed E-state index contributed by atoms with van der Waals surface area (Å²) < 4.78 is 0. The van der Waals surface area contributed by atoms with Crippen molar-refractivity contribution in [2.24, 2.45) is 11.8 Å². The molecule has 1 aliphatic carbocycles. The summed E-state index contributed by atoms with van der Waals surface area (Å²) >= 11 is 0. The number of piperidine rings is 1. The van der Waals surface area contributed by atoms with E-state index in [1.807, 2.05) is 4.90 Å². The van der Waals surface area contributed by atoms with E-state index in [1.165, 1.54) is 19.3 Å². The molecule has 1 saturated heterocycles. The number of nitriles is 1. The molecule has 1 amide bonds. The average molecular weight is 192 g/mol. The van der Waals surface area contributed by atoms with Crippen LogP contribution in [0, 0.1) is 23.2 Å². The van der Waals surface area contributed by atoms with Crippen LogP contribution in [0.15, 0.2) is 0 Å². The van der Waals surface area contributed by atoms with E-state index >= 15 is 0 Å². The Kier molecular flexibility index (Phi) is 2.72. The third-order valence-corrected chi connectivity index (χ3v) is 3.41. The van der Waals surface area contributed by atoms with Gasteiger partial charge >= 0.3 is 0 Å². The monoisotopic (exact) mass is 192 g/mol. The maximum Gasteiger partial charge on any atom is 0.223 e. The number of hydrogen-bond donors (Lipinski definition) is 0. The summed E-state index contributed by atoms with van der Waals surface area (Å²) in [5, 5.41) is 8.71. The van der Waals surface area contributed by atoms with E-state index in [-0.39, 0.29) is 11.8 Å². The minimum Gasteiger partial charge on any atom is -0.342 e. The topological polar surface area (TPSA) is 44.1 Å². The molecule has 76 valence electrons. The Bertz CT molecular complexity index is 265. The summed E-state index contributed by atoms with van der Waals surface area (Å²) in [6, 6.07) is 2.19. The van der Waals surface area contributed by atoms with Gasteiger partial charge in [0.2, 0.25) is 5.91 Å². The lowest BCUT2D eigenvalue weighted by atomic mass is 9.84. The van der Waals surface area contributed by atoms with E-state index < -0.39 is 0 Å². The van der Waals surface area contributed by atoms with Gasteiger partial charge in [0.1, 0.15) is 0 Å². The molecular formula is C11H16N2O. The number of likely N-dealkylation sites (tertiary alicyclic amines) is 1. The standard InChI is InChI=1S/C11H16N2O/c12-7-10-4-5-13(11(14)6-10)8-9-2-1-3-9/h9-10H,1-6,8H2. The van der Waals surface area contributed by atoms with Crippen molar-refractivity contribution in [3.63, 3.8) is 0 Å². The molecular weight excluding hydrogens is 176 g/mol. The zero-order chi connectivity index (χ0) is 9.97. The molecule has 0 radical (unpaired) electrons. The van der Waals surface area contributed by atoms with Crippen molar-refractivity contribution in [2.45, 2.75) is 32.1 Å². The molecule has 0 bridgehead atoms. The molecule has 1 aliphatic heterocycles. The van der Waals surface area contributed by atoms with Crippen LogP contribution in [0.2, 0.25) is 0 Å². The smallest absolute Gasteiger partial charge is 0.223 e. The number of rotatable bonds is 2. The molecule has 0 aromatic carbocycles. The third-order valence-electron chi connectivity index (χ3n) is 3.41. The van der Waals surface area contributed by atoms with Crippen LogP contribution in [0.5, 0.6) is 0 Å². The molecule has 3 heteroatoms. The molecule has 1 unspecified atom stereocenters. The second-order valence-corrected chi connectivity index (χ2v) is 4.46. The van der Waals surface area contributed by atoms with Gasteiger partial charge in [-0.25, -0.2) is 0 Å². The highest BCUT2D eigenvalue weighted by Gasteiger charge is 2.28. The Morgan fingerprint density at radius 3 is 2.71 bits per heavy atom. The summed E-state index contributed by atoms with van der Waals surface area (Å²) in [7, 11) is 0. The van der Waals surface area contributed by atoms with E-state index in [2.05, 4.69) is 6.07 Å². The van der Waals surface area contributed by atoms with Gasteiger partial charge in [-0.2, -0.15) is 5.26 Å². The largest absolute Gasteiger partial charge is 0.342 e. The number of amides is 1. The zero-order valence-corrected chi connectivity index (χ0v) is 8.41. The molecule has 2 rings (SSSR count). The number of carbonyl (C=O) groups is 1. The van der Waals surface area contributed by atoms with E-state index in [1.54, 1.807) is 0 Å². The number of nitrogens with zero attached hydrogens (tertiary/aromatic N) is 2. The van der Waals surface area contributed by atoms with Crippen LogP contribution in [-0.4, -0.2) is 23.9 Å². The van der Waals surface area contributed by atoms with Crippen LogP contribution in [0.3, 0.4) is 0 Å². The van der Waals surface area contributed by atoms with Crippen molar-refractivity contribution in [2.75, 3.05) is 13.1 Å². The van der Waals surface area contributed by atoms with Crippen molar-refractivity contribution >= 4 is 5.91 Å². The molecule has 1 atom stereocenters. The van der Waals surface area contributed by atoms with Gasteiger partial charge < -0.3 is 4.90 Å². The molecule has 0 spiro atoms. The minimum absolute atomic E-state index is 0.0276. The van der Waals surface area contributed by atoms with E-state index in [4.69, 9.17) is 5.26 Å². The van der Waals surface area contributed by atoms with Crippen molar-refractivity contribution in [1.82, 2.24) is 4.90 Å². The lowest BCUT2D eigenvalue weighted by molar-refractivity contribution is -0.135. The van der Waals surface area contributed by atoms with E-state index in [0.29, 0.717) is 6.42 Å². The highest BCUT2D eigenvalue weighted by molar-refractivity contribution is 5.77. The number of hydrogen-bond acceptors (Lipinski definition) is 2. The zero-order valence-electron chi connectivity index (χ0n) is 8.41. The predicted molar refractivity (Wildman–Crippen MR) is 52.3 cm³/mol. The van der Waals surface area contributed by atoms with Crippen molar-refractivity contribution in [3.8, 4) is 6.07 Å². The summed E-state index contributed by atoms with van der Waals surface area (Å²) in [5.74, 6) is 0.910. The molecule has 1 heterocycles. The van der Waals surface area contributed by atoms with Crippen LogP contribution >= 0.6 is 0 Å². The Morgan fingerprint density at radius 1 is 1.43 bits per heavy atom. The van der Waals surface area contributed by atoms with Gasteiger partial charge in [0.05, 0.1) is 12.0 Å². The molecule has 1 saturated carbocycles. The average Bonchev–Trinajstić information content (AvgIpc) is 2.13. The van der Waals surface area contributed by atoms with E-state index in [9.17, 15) is 4.79 Å². The second-order valence-electron chi connectivity index (χ2n) is 4.46. The van der Waals surface area contributed by atoms with Crippen molar-refractivity contribution in [3.05, 3.63) is 0 Å². The fourth-order valence-corrected chi connectivity index (χ4v) is 2.17. The second kappa shape index (κ2) is 4.00. The maximum absolute atomic E-state index is 11.6. The first-order chi connectivity index (χ1) is 6.79. The van der Waals surface area contributed by atoms with E-state index in [0.717, 1.165) is 25.4 Å². The summed E-state index contributed by atoms with van der Waals surface area (Å²) in [4.78, 5) is 13.6. The Labute approximate surface area is 84.7 Å². The van der Waals surface area contributed by atoms with Crippen LogP contribution in [0.25, 0.3) is 0 Å². The molecule has 0 aromatic heterocycles. The first-order valence-corrected chi connectivity index (χ1v) is 5.47. The molecule has 0 aromatic rings. The maximum atomic E-state index is 11.6. The quantitative estimate of drug-likeness (QED) is 0.666. The molecule has 14 heavy (non-hydrogen) atoms. The van der Waals surface area contributed by atoms with Gasteiger partial charge in [-0.15, -0.1) is 0 Å². The third kappa shape index (κ3) is 1.89. The van der Waals surface area contributed by atoms with Gasteiger partial charge in [0.25, 0.3) is 0 Å². The molecule has 0 N–H and O–H groups in total. The Morgan fingerprint density at radius 2 is 2.21 bits per heavy atom. The lowest BCUT2D eigenvalue weighted by Crippen LogP contribution is -2.42. The van der Waals surface area contributed by atoms with Crippen molar-refractivity contribution < 1.29 is 4.79 Å². The SMILES string of the molecule is N#CC1CCN(CC2CCC2)C(=O)C1. The van der Waals surface area contributed by atoms with Crippen molar-refractivity contribution in [1.29, 1.82) is 5.26 Å². The number of carbonyl (C=O) groups excluding carboxylic acids is 1. The summed E-state index contributed by atoms with van der Waals surface area (Å²) in [6.45, 7) is 1.74. The van der Waals surface area contributed by atoms with Gasteiger partial charge in [0, 0.05) is 19.5 Å². The van der Waals surface area contributed by atoms with Gasteiger partial charge in [-0.1, -0.05) is 6.42 Å². The molecule has 2 aliphatic rings. The van der Waals surface area contributed by atoms with Crippen LogP contribution in [-0.2, 0) is 4.79 Å². The Balaban J connectivity index is 1.83. The van der Waals surface area contributed by atoms with Gasteiger partial charge in [-0.3, -0.25) is 4.79 Å². The summed E-state index contributed by atoms with van der Waals surface area (Å²) in [6.07, 6.45) is 5.21. The van der Waals surface area contributed by atoms with Crippen LogP contribution in [0.4, 0.5) is 0 Å². The normalized spacial score (nSPS) is 28.4. The molecule has 3 nitrogen and oxygen atoms in total. The van der Waals surface area contributed by atoms with Gasteiger partial charge in [-0.05, 0) is 25.2 Å². The van der Waals surface area contributed by atoms with Crippen LogP contribution < -0.4 is 0 Å². The fraction of sp³-hybridized carbons (Fsp3) is 0.818. The predicted octanol–water partition coefficient (Wildman–Crippen LogP) is 1.55. The highest BCUT2D eigenvalue weighted by Crippen LogP contribution is 2.28. The fourth-order valence-electron chi connectivity index (χ4n) is 2.17. The summed E-state index contributed by atoms with van der Waals surface area (Å²) in [5.41, 5.74) is 0. The first kappa shape index (κ1) is 9.51.